The molecule has 11 heteroatoms. The summed E-state index contributed by atoms with van der Waals surface area (Å²) in [5.74, 6) is -0.655. The topological polar surface area (TPSA) is 219 Å². The Morgan fingerprint density at radius 3 is 1.06 bits per heavy atom. The number of hydrogen-bond acceptors (Lipinski definition) is 10. The molecule has 0 aliphatic rings. The van der Waals surface area contributed by atoms with E-state index in [0.717, 1.165) is 12.8 Å². The van der Waals surface area contributed by atoms with Crippen LogP contribution in [-0.4, -0.2) is 114 Å². The third-order valence-electron chi connectivity index (χ3n) is 5.43. The number of hydrogen-bond donors (Lipinski definition) is 10. The molecule has 0 heterocycles. The number of unbranched alkanes of at least 4 members (excludes halogenated alkanes) is 12. The molecule has 0 saturated carbocycles. The Balaban J connectivity index is -0.000000518. The summed E-state index contributed by atoms with van der Waals surface area (Å²) in [4.78, 5) is 10.3. The predicted octanol–water partition coefficient (Wildman–Crippen LogP) is 0.299. The molecule has 10 N–H and O–H groups in total. The van der Waals surface area contributed by atoms with Crippen LogP contribution in [0.4, 0.5) is 0 Å². The number of carboxylic acid groups (broad SMARTS) is 1. The number of aliphatic carboxylic acids is 1. The molecule has 4 unspecified atom stereocenters. The van der Waals surface area contributed by atoms with E-state index in [1.165, 1.54) is 70.6 Å². The maximum Gasteiger partial charge on any atom is 0.303 e. The summed E-state index contributed by atoms with van der Waals surface area (Å²) >= 11 is 0. The number of carboxylic acids is 1. The van der Waals surface area contributed by atoms with E-state index in [1.807, 2.05) is 0 Å². The van der Waals surface area contributed by atoms with Crippen molar-refractivity contribution in [3.63, 3.8) is 0 Å². The minimum atomic E-state index is -1.67. The molecule has 0 amide bonds. The Labute approximate surface area is 216 Å². The highest BCUT2D eigenvalue weighted by Crippen LogP contribution is 2.12. The van der Waals surface area contributed by atoms with Gasteiger partial charge < -0.3 is 51.1 Å². The Hall–Kier alpha value is -0.890. The Morgan fingerprint density at radius 2 is 0.833 bits per heavy atom. The van der Waals surface area contributed by atoms with Crippen molar-refractivity contribution in [1.82, 2.24) is 0 Å². The maximum atomic E-state index is 10.3. The van der Waals surface area contributed by atoms with Crippen LogP contribution in [0.25, 0.3) is 0 Å². The molecule has 0 rings (SSSR count). The molecule has 0 aliphatic heterocycles. The average Bonchev–Trinajstić information content (AvgIpc) is 2.89. The van der Waals surface area contributed by atoms with Crippen LogP contribution >= 0.6 is 0 Å². The third-order valence-corrected chi connectivity index (χ3v) is 5.43. The van der Waals surface area contributed by atoms with Gasteiger partial charge in [0.2, 0.25) is 0 Å². The smallest absolute Gasteiger partial charge is 0.303 e. The van der Waals surface area contributed by atoms with Gasteiger partial charge in [-0.05, 0) is 6.42 Å². The van der Waals surface area contributed by atoms with Crippen LogP contribution < -0.4 is 0 Å². The van der Waals surface area contributed by atoms with Gasteiger partial charge >= 0.3 is 5.97 Å². The van der Waals surface area contributed by atoms with Crippen molar-refractivity contribution in [2.75, 3.05) is 26.4 Å². The SMILES string of the molecule is CCCCCCCCCCCCCCCC(=O)O.OCC(O)C(O)C(O)C(O)CO.OCC(O)CO. The molecule has 0 aliphatic carbocycles. The lowest BCUT2D eigenvalue weighted by Crippen LogP contribution is -2.46. The van der Waals surface area contributed by atoms with Crippen molar-refractivity contribution < 1.29 is 55.9 Å². The minimum absolute atomic E-state index is 0.345. The first-order valence-corrected chi connectivity index (χ1v) is 13.2. The number of rotatable bonds is 21. The van der Waals surface area contributed by atoms with Crippen molar-refractivity contribution in [2.45, 2.75) is 127 Å². The largest absolute Gasteiger partial charge is 0.481 e. The zero-order valence-electron chi connectivity index (χ0n) is 22.0. The van der Waals surface area contributed by atoms with Gasteiger partial charge in [-0.25, -0.2) is 0 Å². The molecule has 0 aromatic heterocycles. The summed E-state index contributed by atoms with van der Waals surface area (Å²) in [6.07, 6.45) is 9.92. The number of carbonyl (C=O) groups is 1. The Morgan fingerprint density at radius 1 is 0.528 bits per heavy atom. The summed E-state index contributed by atoms with van der Waals surface area (Å²) < 4.78 is 0. The molecule has 36 heavy (non-hydrogen) atoms. The predicted molar refractivity (Wildman–Crippen MR) is 136 cm³/mol. The first kappa shape index (κ1) is 39.6. The van der Waals surface area contributed by atoms with Crippen LogP contribution in [0.2, 0.25) is 0 Å². The second-order valence-corrected chi connectivity index (χ2v) is 8.89. The molecular weight excluding hydrogens is 476 g/mol. The molecule has 0 aromatic rings. The molecule has 0 aromatic carbocycles. The van der Waals surface area contributed by atoms with Gasteiger partial charge in [-0.15, -0.1) is 0 Å². The maximum absolute atomic E-state index is 10.3. The van der Waals surface area contributed by atoms with Crippen molar-refractivity contribution in [2.24, 2.45) is 0 Å². The van der Waals surface area contributed by atoms with E-state index in [2.05, 4.69) is 6.92 Å². The second kappa shape index (κ2) is 30.3. The molecule has 11 nitrogen and oxygen atoms in total. The first-order valence-electron chi connectivity index (χ1n) is 13.2. The van der Waals surface area contributed by atoms with Crippen molar-refractivity contribution in [3.05, 3.63) is 0 Å². The van der Waals surface area contributed by atoms with Gasteiger partial charge in [0.05, 0.1) is 26.4 Å². The van der Waals surface area contributed by atoms with Crippen molar-refractivity contribution in [1.29, 1.82) is 0 Å². The van der Waals surface area contributed by atoms with E-state index in [-0.39, 0.29) is 13.2 Å². The molecule has 220 valence electrons. The highest BCUT2D eigenvalue weighted by molar-refractivity contribution is 5.66. The van der Waals surface area contributed by atoms with E-state index < -0.39 is 49.7 Å². The molecule has 0 spiro atoms. The minimum Gasteiger partial charge on any atom is -0.481 e. The lowest BCUT2D eigenvalue weighted by atomic mass is 10.0. The molecular formula is C25H54O11. The van der Waals surface area contributed by atoms with Gasteiger partial charge in [0.25, 0.3) is 0 Å². The third kappa shape index (κ3) is 29.3. The van der Waals surface area contributed by atoms with E-state index in [9.17, 15) is 4.79 Å². The highest BCUT2D eigenvalue weighted by atomic mass is 16.4. The van der Waals surface area contributed by atoms with Crippen LogP contribution in [0.3, 0.4) is 0 Å². The molecule has 0 saturated heterocycles. The number of aliphatic hydroxyl groups excluding tert-OH is 9. The van der Waals surface area contributed by atoms with Gasteiger partial charge in [0, 0.05) is 6.42 Å². The summed E-state index contributed by atoms with van der Waals surface area (Å²) in [6, 6.07) is 0. The normalized spacial score (nSPS) is 14.2. The lowest BCUT2D eigenvalue weighted by Gasteiger charge is -2.24. The van der Waals surface area contributed by atoms with Gasteiger partial charge in [-0.2, -0.15) is 0 Å². The average molecular weight is 531 g/mol. The fourth-order valence-corrected chi connectivity index (χ4v) is 3.02. The van der Waals surface area contributed by atoms with Gasteiger partial charge in [0.15, 0.2) is 0 Å². The van der Waals surface area contributed by atoms with Crippen LogP contribution in [-0.2, 0) is 4.79 Å². The summed E-state index contributed by atoms with van der Waals surface area (Å²) in [5, 5.41) is 84.7. The van der Waals surface area contributed by atoms with Crippen LogP contribution in [0.1, 0.15) is 96.8 Å². The zero-order valence-corrected chi connectivity index (χ0v) is 22.0. The zero-order chi connectivity index (χ0) is 28.2. The van der Waals surface area contributed by atoms with Crippen LogP contribution in [0, 0.1) is 0 Å². The second-order valence-electron chi connectivity index (χ2n) is 8.89. The van der Waals surface area contributed by atoms with Gasteiger partial charge in [-0.1, -0.05) is 84.0 Å². The Kier molecular flexibility index (Phi) is 33.4. The molecule has 0 radical (unpaired) electrons. The Bertz CT molecular complexity index is 422. The molecule has 0 fully saturated rings. The number of aliphatic hydroxyl groups is 9. The summed E-state index contributed by atoms with van der Waals surface area (Å²) in [5.41, 5.74) is 0. The van der Waals surface area contributed by atoms with E-state index >= 15 is 0 Å². The van der Waals surface area contributed by atoms with Crippen LogP contribution in [0.15, 0.2) is 0 Å². The molecule has 4 atom stereocenters. The van der Waals surface area contributed by atoms with Crippen molar-refractivity contribution in [3.8, 4) is 0 Å². The van der Waals surface area contributed by atoms with E-state index in [4.69, 9.17) is 51.1 Å². The first-order chi connectivity index (χ1) is 17.1. The highest BCUT2D eigenvalue weighted by Gasteiger charge is 2.29. The van der Waals surface area contributed by atoms with E-state index in [1.54, 1.807) is 0 Å². The van der Waals surface area contributed by atoms with Gasteiger partial charge in [0.1, 0.15) is 30.5 Å². The van der Waals surface area contributed by atoms with Crippen LogP contribution in [0.5, 0.6) is 0 Å². The lowest BCUT2D eigenvalue weighted by molar-refractivity contribution is -0.137. The fraction of sp³-hybridized carbons (Fsp3) is 0.960. The van der Waals surface area contributed by atoms with Crippen molar-refractivity contribution >= 4 is 5.97 Å². The monoisotopic (exact) mass is 530 g/mol. The van der Waals surface area contributed by atoms with E-state index in [0.29, 0.717) is 6.42 Å². The summed E-state index contributed by atoms with van der Waals surface area (Å²) in [6.45, 7) is 0.0796. The summed E-state index contributed by atoms with van der Waals surface area (Å²) in [7, 11) is 0. The molecule has 0 bridgehead atoms. The standard InChI is InChI=1S/C16H32O2.C6H14O6.C3H8O3/c1-2-3-4-5-6-7-8-9-10-11-12-13-14-15-16(17)18;7-1-3(9)5(11)6(12)4(10)2-8;4-1-3(6)2-5/h2-15H2,1H3,(H,17,18);3-12H,1-2H2;3-6H,1-2H2. The quantitative estimate of drug-likeness (QED) is 0.0909. The van der Waals surface area contributed by atoms with Gasteiger partial charge in [-0.3, -0.25) is 4.79 Å². The fourth-order valence-electron chi connectivity index (χ4n) is 3.02.